The van der Waals surface area contributed by atoms with Gasteiger partial charge in [0.25, 0.3) is 5.82 Å². The Bertz CT molecular complexity index is 995. The van der Waals surface area contributed by atoms with E-state index < -0.39 is 17.4 Å². The molecule has 1 aromatic carbocycles. The zero-order valence-corrected chi connectivity index (χ0v) is 17.3. The maximum atomic E-state index is 12.8. The lowest BCUT2D eigenvalue weighted by molar-refractivity contribution is -0.146. The van der Waals surface area contributed by atoms with Crippen molar-refractivity contribution in [2.45, 2.75) is 81.5 Å². The Morgan fingerprint density at radius 3 is 2.65 bits per heavy atom. The van der Waals surface area contributed by atoms with E-state index in [1.165, 1.54) is 0 Å². The number of amides is 1. The van der Waals surface area contributed by atoms with Crippen LogP contribution in [0.25, 0.3) is 0 Å². The van der Waals surface area contributed by atoms with E-state index in [9.17, 15) is 18.0 Å². The number of carbonyl (C=O) groups excluding carboxylic acids is 1. The van der Waals surface area contributed by atoms with Gasteiger partial charge >= 0.3 is 6.18 Å². The number of alkyl halides is 3. The highest BCUT2D eigenvalue weighted by atomic mass is 19.4. The van der Waals surface area contributed by atoms with Crippen LogP contribution in [0.1, 0.15) is 73.7 Å². The number of benzene rings is 1. The molecule has 2 saturated carbocycles. The van der Waals surface area contributed by atoms with E-state index in [1.807, 2.05) is 19.1 Å². The molecule has 3 aliphatic rings. The fraction of sp³-hybridized carbons (Fsp3) is 0.591. The van der Waals surface area contributed by atoms with Gasteiger partial charge in [-0.2, -0.15) is 18.2 Å². The van der Waals surface area contributed by atoms with Crippen LogP contribution in [0.15, 0.2) is 22.7 Å². The molecule has 5 rings (SSSR count). The number of hydrogen-bond acceptors (Lipinski definition) is 5. The number of carbonyl (C=O) groups is 1. The number of halogens is 3. The zero-order chi connectivity index (χ0) is 21.8. The summed E-state index contributed by atoms with van der Waals surface area (Å²) < 4.78 is 43.0. The second kappa shape index (κ2) is 7.32. The first-order chi connectivity index (χ1) is 14.7. The molecule has 2 aliphatic carbocycles. The topological polar surface area (TPSA) is 80.1 Å². The monoisotopic (exact) mass is 434 g/mol. The summed E-state index contributed by atoms with van der Waals surface area (Å²) in [6.45, 7) is 2.04. The van der Waals surface area contributed by atoms with Gasteiger partial charge in [0.05, 0.1) is 5.41 Å². The molecule has 2 aromatic rings. The standard InChI is InChI=1S/C22H25F3N4O2/c1-12-2-5-17-16(10-12)21(20(30)27-17)8-6-14(7-9-21)26-15-4-3-13(11-15)18-28-19(29-31-18)22(23,24)25/h2,5,10,13-15,26H,3-4,6-9,11H2,1H3,(H,27,30)/t13-,14?,15+,21?/m0/s1. The lowest BCUT2D eigenvalue weighted by Gasteiger charge is -2.37. The predicted octanol–water partition coefficient (Wildman–Crippen LogP) is 4.46. The van der Waals surface area contributed by atoms with Gasteiger partial charge in [-0.05, 0) is 63.5 Å². The normalized spacial score (nSPS) is 30.6. The van der Waals surface area contributed by atoms with Crippen LogP contribution in [0.3, 0.4) is 0 Å². The van der Waals surface area contributed by atoms with Crippen molar-refractivity contribution in [2.75, 3.05) is 5.32 Å². The third kappa shape index (κ3) is 3.62. The van der Waals surface area contributed by atoms with Crippen molar-refractivity contribution < 1.29 is 22.5 Å². The third-order valence-corrected chi connectivity index (χ3v) is 7.16. The number of nitrogens with one attached hydrogen (secondary N) is 2. The molecule has 1 spiro atoms. The summed E-state index contributed by atoms with van der Waals surface area (Å²) in [7, 11) is 0. The van der Waals surface area contributed by atoms with Crippen molar-refractivity contribution in [1.29, 1.82) is 0 Å². The predicted molar refractivity (Wildman–Crippen MR) is 107 cm³/mol. The first kappa shape index (κ1) is 20.5. The highest BCUT2D eigenvalue weighted by Crippen LogP contribution is 2.48. The van der Waals surface area contributed by atoms with Gasteiger partial charge in [-0.1, -0.05) is 22.9 Å². The molecule has 31 heavy (non-hydrogen) atoms. The van der Waals surface area contributed by atoms with Crippen LogP contribution in [-0.2, 0) is 16.4 Å². The highest BCUT2D eigenvalue weighted by Gasteiger charge is 2.49. The summed E-state index contributed by atoms with van der Waals surface area (Å²) in [5.74, 6) is -1.17. The first-order valence-electron chi connectivity index (χ1n) is 10.8. The van der Waals surface area contributed by atoms with Crippen LogP contribution in [0.5, 0.6) is 0 Å². The van der Waals surface area contributed by atoms with Crippen molar-refractivity contribution in [1.82, 2.24) is 15.5 Å². The molecule has 2 fully saturated rings. The van der Waals surface area contributed by atoms with E-state index >= 15 is 0 Å². The minimum Gasteiger partial charge on any atom is -0.339 e. The average molecular weight is 434 g/mol. The van der Waals surface area contributed by atoms with Crippen LogP contribution in [-0.4, -0.2) is 28.1 Å². The first-order valence-corrected chi connectivity index (χ1v) is 10.8. The van der Waals surface area contributed by atoms with E-state index in [0.717, 1.165) is 55.3 Å². The molecule has 1 aliphatic heterocycles. The molecule has 0 bridgehead atoms. The molecule has 0 unspecified atom stereocenters. The van der Waals surface area contributed by atoms with E-state index in [-0.39, 0.29) is 23.8 Å². The Kier molecular flexibility index (Phi) is 4.84. The fourth-order valence-electron chi connectivity index (χ4n) is 5.51. The molecule has 9 heteroatoms. The number of hydrogen-bond donors (Lipinski definition) is 2. The molecule has 6 nitrogen and oxygen atoms in total. The zero-order valence-electron chi connectivity index (χ0n) is 17.3. The van der Waals surface area contributed by atoms with E-state index in [0.29, 0.717) is 12.5 Å². The summed E-state index contributed by atoms with van der Waals surface area (Å²) in [6.07, 6.45) is 1.05. The van der Waals surface area contributed by atoms with Gasteiger partial charge in [-0.3, -0.25) is 4.79 Å². The highest BCUT2D eigenvalue weighted by molar-refractivity contribution is 6.06. The molecular weight excluding hydrogens is 409 g/mol. The lowest BCUT2D eigenvalue weighted by Crippen LogP contribution is -2.45. The quantitative estimate of drug-likeness (QED) is 0.746. The summed E-state index contributed by atoms with van der Waals surface area (Å²) in [6, 6.07) is 6.63. The fourth-order valence-corrected chi connectivity index (χ4v) is 5.51. The van der Waals surface area contributed by atoms with Gasteiger partial charge in [0.2, 0.25) is 11.8 Å². The van der Waals surface area contributed by atoms with Crippen LogP contribution in [0, 0.1) is 6.92 Å². The van der Waals surface area contributed by atoms with Gasteiger partial charge in [-0.25, -0.2) is 0 Å². The van der Waals surface area contributed by atoms with Crippen molar-refractivity contribution >= 4 is 11.6 Å². The molecule has 0 radical (unpaired) electrons. The Hall–Kier alpha value is -2.42. The Labute approximate surface area is 178 Å². The molecule has 2 atom stereocenters. The number of nitrogens with zero attached hydrogens (tertiary/aromatic N) is 2. The average Bonchev–Trinajstić information content (AvgIpc) is 3.43. The lowest BCUT2D eigenvalue weighted by atomic mass is 9.68. The maximum Gasteiger partial charge on any atom is 0.455 e. The number of fused-ring (bicyclic) bond motifs is 2. The summed E-state index contributed by atoms with van der Waals surface area (Å²) >= 11 is 0. The largest absolute Gasteiger partial charge is 0.455 e. The van der Waals surface area contributed by atoms with Crippen LogP contribution in [0.2, 0.25) is 0 Å². The molecule has 2 N–H and O–H groups in total. The Morgan fingerprint density at radius 1 is 1.16 bits per heavy atom. The Morgan fingerprint density at radius 2 is 1.94 bits per heavy atom. The van der Waals surface area contributed by atoms with Crippen LogP contribution in [0.4, 0.5) is 18.9 Å². The van der Waals surface area contributed by atoms with Crippen LogP contribution >= 0.6 is 0 Å². The van der Waals surface area contributed by atoms with Crippen LogP contribution < -0.4 is 10.6 Å². The number of anilines is 1. The SMILES string of the molecule is Cc1ccc2c(c1)C1(CCC(N[C@@H]3CC[C@H](c4nc(C(F)(F)F)no4)C3)CC1)C(=O)N2. The molecule has 166 valence electrons. The van der Waals surface area contributed by atoms with E-state index in [2.05, 4.69) is 26.8 Å². The van der Waals surface area contributed by atoms with Gasteiger partial charge < -0.3 is 15.2 Å². The maximum absolute atomic E-state index is 12.8. The molecular formula is C22H25F3N4O2. The summed E-state index contributed by atoms with van der Waals surface area (Å²) in [5.41, 5.74) is 2.77. The van der Waals surface area contributed by atoms with E-state index in [1.54, 1.807) is 0 Å². The van der Waals surface area contributed by atoms with Gasteiger partial charge in [0.1, 0.15) is 0 Å². The summed E-state index contributed by atoms with van der Waals surface area (Å²) in [4.78, 5) is 16.4. The second-order valence-electron chi connectivity index (χ2n) is 9.19. The second-order valence-corrected chi connectivity index (χ2v) is 9.19. The smallest absolute Gasteiger partial charge is 0.339 e. The molecule has 0 saturated heterocycles. The van der Waals surface area contributed by atoms with Gasteiger partial charge in [0, 0.05) is 23.7 Å². The van der Waals surface area contributed by atoms with Crippen molar-refractivity contribution in [3.05, 3.63) is 41.0 Å². The number of aryl methyl sites for hydroxylation is 1. The van der Waals surface area contributed by atoms with Crippen molar-refractivity contribution in [3.63, 3.8) is 0 Å². The number of rotatable bonds is 3. The number of aromatic nitrogens is 2. The van der Waals surface area contributed by atoms with Gasteiger partial charge in [0.15, 0.2) is 0 Å². The molecule has 2 heterocycles. The Balaban J connectivity index is 1.19. The molecule has 1 amide bonds. The van der Waals surface area contributed by atoms with E-state index in [4.69, 9.17) is 4.52 Å². The minimum atomic E-state index is -4.58. The molecule has 1 aromatic heterocycles. The minimum absolute atomic E-state index is 0.0776. The third-order valence-electron chi connectivity index (χ3n) is 7.16. The summed E-state index contributed by atoms with van der Waals surface area (Å²) in [5, 5.41) is 9.79. The van der Waals surface area contributed by atoms with Crippen molar-refractivity contribution in [2.24, 2.45) is 0 Å². The van der Waals surface area contributed by atoms with Crippen molar-refractivity contribution in [3.8, 4) is 0 Å². The van der Waals surface area contributed by atoms with Gasteiger partial charge in [-0.15, -0.1) is 0 Å².